The van der Waals surface area contributed by atoms with Crippen LogP contribution in [0.4, 0.5) is 0 Å². The Bertz CT molecular complexity index is 1120. The number of allylic oxidation sites excluding steroid dienone is 1. The number of rotatable bonds is 4. The number of benzene rings is 2. The van der Waals surface area contributed by atoms with Crippen molar-refractivity contribution in [2.24, 2.45) is 0 Å². The second-order valence-electron chi connectivity index (χ2n) is 5.96. The molecule has 0 N–H and O–H groups in total. The monoisotopic (exact) mass is 356 g/mol. The van der Waals surface area contributed by atoms with E-state index in [9.17, 15) is 4.79 Å². The lowest BCUT2D eigenvalue weighted by molar-refractivity contribution is 0.472. The first-order valence-electron chi connectivity index (χ1n) is 8.96. The van der Waals surface area contributed by atoms with Crippen LogP contribution in [0.3, 0.4) is 0 Å². The summed E-state index contributed by atoms with van der Waals surface area (Å²) < 4.78 is 5.24. The van der Waals surface area contributed by atoms with E-state index < -0.39 is 0 Å². The van der Waals surface area contributed by atoms with E-state index in [4.69, 9.17) is 4.42 Å². The van der Waals surface area contributed by atoms with Gasteiger partial charge in [-0.25, -0.2) is 4.79 Å². The molecule has 2 aromatic carbocycles. The molecule has 27 heavy (non-hydrogen) atoms. The second kappa shape index (κ2) is 9.99. The Hall–Kier alpha value is -3.31. The first-order chi connectivity index (χ1) is 13.2. The minimum atomic E-state index is -0.313. The van der Waals surface area contributed by atoms with E-state index in [1.807, 2.05) is 32.1 Å². The van der Waals surface area contributed by atoms with Crippen molar-refractivity contribution in [2.75, 3.05) is 0 Å². The molecular weight excluding hydrogens is 332 g/mol. The number of terminal acetylenes is 1. The van der Waals surface area contributed by atoms with Gasteiger partial charge in [0.05, 0.1) is 0 Å². The topological polar surface area (TPSA) is 30.2 Å². The summed E-state index contributed by atoms with van der Waals surface area (Å²) in [5.41, 5.74) is 2.57. The molecule has 0 aliphatic carbocycles. The maximum atomic E-state index is 11.7. The molecule has 1 heterocycles. The molecule has 0 atom stereocenters. The quantitative estimate of drug-likeness (QED) is 0.653. The van der Waals surface area contributed by atoms with Crippen molar-refractivity contribution in [3.63, 3.8) is 0 Å². The number of hydrogen-bond donors (Lipinski definition) is 0. The molecule has 0 unspecified atom stereocenters. The zero-order chi connectivity index (χ0) is 19.6. The minimum Gasteiger partial charge on any atom is -0.423 e. The molecule has 0 amide bonds. The van der Waals surface area contributed by atoms with E-state index in [-0.39, 0.29) is 5.63 Å². The Morgan fingerprint density at radius 1 is 1.00 bits per heavy atom. The molecule has 0 radical (unpaired) electrons. The van der Waals surface area contributed by atoms with Crippen LogP contribution < -0.4 is 16.3 Å². The molecule has 0 fully saturated rings. The van der Waals surface area contributed by atoms with Crippen molar-refractivity contribution in [2.45, 2.75) is 26.7 Å². The Morgan fingerprint density at radius 2 is 1.74 bits per heavy atom. The third-order valence-corrected chi connectivity index (χ3v) is 4.37. The summed E-state index contributed by atoms with van der Waals surface area (Å²) in [5.74, 6) is 0. The lowest BCUT2D eigenvalue weighted by atomic mass is 10.0. The molecule has 0 aliphatic heterocycles. The Morgan fingerprint density at radius 3 is 2.48 bits per heavy atom. The van der Waals surface area contributed by atoms with Crippen molar-refractivity contribution in [3.05, 3.63) is 86.8 Å². The third-order valence-electron chi connectivity index (χ3n) is 4.37. The number of aryl methyl sites for hydroxylation is 1. The van der Waals surface area contributed by atoms with Crippen LogP contribution in [0.1, 0.15) is 31.4 Å². The van der Waals surface area contributed by atoms with Gasteiger partial charge in [-0.05, 0) is 54.7 Å². The molecule has 0 bridgehead atoms. The van der Waals surface area contributed by atoms with Gasteiger partial charge in [0.25, 0.3) is 0 Å². The van der Waals surface area contributed by atoms with Gasteiger partial charge in [-0.2, -0.15) is 0 Å². The Kier molecular flexibility index (Phi) is 7.40. The van der Waals surface area contributed by atoms with Crippen molar-refractivity contribution in [3.8, 4) is 12.8 Å². The van der Waals surface area contributed by atoms with Crippen LogP contribution in [0.25, 0.3) is 29.0 Å². The summed E-state index contributed by atoms with van der Waals surface area (Å²) in [5, 5.41) is 3.54. The second-order valence-corrected chi connectivity index (χ2v) is 5.96. The molecule has 136 valence electrons. The zero-order valence-corrected chi connectivity index (χ0v) is 15.8. The van der Waals surface area contributed by atoms with Crippen molar-refractivity contribution < 1.29 is 4.42 Å². The Balaban J connectivity index is 0.00000126. The lowest BCUT2D eigenvalue weighted by Gasteiger charge is -2.04. The molecule has 0 aliphatic rings. The number of hydrogen-bond acceptors (Lipinski definition) is 2. The van der Waals surface area contributed by atoms with E-state index in [1.165, 1.54) is 16.3 Å². The first-order valence-corrected chi connectivity index (χ1v) is 8.96. The van der Waals surface area contributed by atoms with E-state index in [2.05, 4.69) is 61.4 Å². The van der Waals surface area contributed by atoms with Gasteiger partial charge in [-0.3, -0.25) is 0 Å². The third kappa shape index (κ3) is 4.86. The fraction of sp³-hybridized carbons (Fsp3) is 0.160. The largest absolute Gasteiger partial charge is 0.423 e. The van der Waals surface area contributed by atoms with Crippen LogP contribution in [0.2, 0.25) is 0 Å². The molecule has 1 aromatic heterocycles. The fourth-order valence-electron chi connectivity index (χ4n) is 3.16. The maximum Gasteiger partial charge on any atom is 0.336 e. The van der Waals surface area contributed by atoms with Gasteiger partial charge in [-0.15, -0.1) is 12.8 Å². The average molecular weight is 356 g/mol. The van der Waals surface area contributed by atoms with Crippen molar-refractivity contribution >= 4 is 29.0 Å². The molecule has 3 aromatic rings. The van der Waals surface area contributed by atoms with Gasteiger partial charge in [0.15, 0.2) is 0 Å². The molecule has 3 rings (SSSR count). The predicted molar refractivity (Wildman–Crippen MR) is 116 cm³/mol. The van der Waals surface area contributed by atoms with Gasteiger partial charge in [0, 0.05) is 11.3 Å². The number of fused-ring (bicyclic) bond motifs is 1. The summed E-state index contributed by atoms with van der Waals surface area (Å²) in [4.78, 5) is 11.7. The smallest absolute Gasteiger partial charge is 0.336 e. The molecule has 2 nitrogen and oxygen atoms in total. The SMILES string of the molecule is C#C.C/C=c1/c(/C=C\CCc2cccc3ccccc23)cc(=O)o/c1=C/C. The van der Waals surface area contributed by atoms with Crippen LogP contribution in [-0.2, 0) is 6.42 Å². The summed E-state index contributed by atoms with van der Waals surface area (Å²) in [6.45, 7) is 3.83. The predicted octanol–water partition coefficient (Wildman–Crippen LogP) is 4.29. The van der Waals surface area contributed by atoms with Gasteiger partial charge in [0.1, 0.15) is 5.42 Å². The highest BCUT2D eigenvalue weighted by atomic mass is 16.4. The van der Waals surface area contributed by atoms with Crippen LogP contribution in [0, 0.1) is 12.8 Å². The fourth-order valence-corrected chi connectivity index (χ4v) is 3.16. The summed E-state index contributed by atoms with van der Waals surface area (Å²) in [6, 6.07) is 16.4. The van der Waals surface area contributed by atoms with Crippen LogP contribution >= 0.6 is 0 Å². The molecule has 0 saturated heterocycles. The minimum absolute atomic E-state index is 0.313. The highest BCUT2D eigenvalue weighted by Crippen LogP contribution is 2.19. The van der Waals surface area contributed by atoms with E-state index in [0.717, 1.165) is 23.6 Å². The Labute approximate surface area is 160 Å². The van der Waals surface area contributed by atoms with Gasteiger partial charge in [0.2, 0.25) is 0 Å². The molecule has 2 heteroatoms. The highest BCUT2D eigenvalue weighted by Gasteiger charge is 2.00. The van der Waals surface area contributed by atoms with E-state index >= 15 is 0 Å². The van der Waals surface area contributed by atoms with Crippen LogP contribution in [0.5, 0.6) is 0 Å². The van der Waals surface area contributed by atoms with Gasteiger partial charge in [-0.1, -0.05) is 60.7 Å². The van der Waals surface area contributed by atoms with Crippen LogP contribution in [-0.4, -0.2) is 0 Å². The first kappa shape index (κ1) is 20.0. The summed E-state index contributed by atoms with van der Waals surface area (Å²) >= 11 is 0. The van der Waals surface area contributed by atoms with Crippen LogP contribution in [0.15, 0.2) is 63.8 Å². The standard InChI is InChI=1S/C23H22O2.C2H2/c1-3-20-19(16-23(24)25-22(20)4-2)12-6-5-10-17-13-9-14-18-11-7-8-15-21(17)18;1-2/h3-4,6-9,11-16H,5,10H2,1-2H3;1-2H/b12-6-,20-3-,22-4+;. The molecule has 0 spiro atoms. The van der Waals surface area contributed by atoms with E-state index in [1.54, 1.807) is 6.07 Å². The van der Waals surface area contributed by atoms with Gasteiger partial charge < -0.3 is 4.42 Å². The van der Waals surface area contributed by atoms with Gasteiger partial charge >= 0.3 is 5.63 Å². The maximum absolute atomic E-state index is 11.7. The van der Waals surface area contributed by atoms with E-state index in [0.29, 0.717) is 5.42 Å². The molecule has 0 saturated carbocycles. The average Bonchev–Trinajstić information content (AvgIpc) is 2.72. The summed E-state index contributed by atoms with van der Waals surface area (Å²) in [7, 11) is 0. The van der Waals surface area contributed by atoms with Crippen molar-refractivity contribution in [1.29, 1.82) is 0 Å². The highest BCUT2D eigenvalue weighted by molar-refractivity contribution is 5.85. The van der Waals surface area contributed by atoms with Crippen molar-refractivity contribution in [1.82, 2.24) is 0 Å². The lowest BCUT2D eigenvalue weighted by Crippen LogP contribution is -2.30. The normalized spacial score (nSPS) is 12.3. The summed E-state index contributed by atoms with van der Waals surface area (Å²) in [6.07, 6.45) is 17.8. The molecular formula is C25H24O2. The zero-order valence-electron chi connectivity index (χ0n) is 15.8.